The molecule has 0 radical (unpaired) electrons. The van der Waals surface area contributed by atoms with Crippen molar-refractivity contribution in [3.05, 3.63) is 204 Å². The van der Waals surface area contributed by atoms with Crippen molar-refractivity contribution in [3.8, 4) is 56.6 Å². The molecular weight excluding hydrogens is 910 g/mol. The summed E-state index contributed by atoms with van der Waals surface area (Å²) in [5.74, 6) is 1.89. The maximum absolute atomic E-state index is 6.61. The average Bonchev–Trinajstić information content (AvgIpc) is 4.02. The van der Waals surface area contributed by atoms with Crippen molar-refractivity contribution < 1.29 is 24.1 Å². The van der Waals surface area contributed by atoms with Gasteiger partial charge in [-0.05, 0) is 6.07 Å². The minimum atomic E-state index is 0.568. The third kappa shape index (κ3) is 6.04. The summed E-state index contributed by atoms with van der Waals surface area (Å²) in [7, 11) is 0. The first kappa shape index (κ1) is 34.8. The van der Waals surface area contributed by atoms with E-state index in [1.54, 1.807) is 23.4 Å². The van der Waals surface area contributed by atoms with Crippen LogP contribution >= 0.6 is 0 Å². The SMILES string of the molecule is [Pt]=[c]1n(-c2[c-]c(Oc3[c-]c4c(cc3)c3ccccc3n4-c3ccc(-n4nccn4)cn3)ccc2)c2ccccc2n1-c1c(-c2ccccc2)cccc1-c1ccccc1. The summed E-state index contributed by atoms with van der Waals surface area (Å²) in [6.45, 7) is 0. The van der Waals surface area contributed by atoms with Gasteiger partial charge < -0.3 is 0 Å². The summed E-state index contributed by atoms with van der Waals surface area (Å²) in [5.41, 5.74) is 11.3. The van der Waals surface area contributed by atoms with Crippen molar-refractivity contribution >= 4 is 32.8 Å². The van der Waals surface area contributed by atoms with E-state index < -0.39 is 0 Å². The van der Waals surface area contributed by atoms with E-state index in [2.05, 4.69) is 189 Å². The molecule has 0 aliphatic carbocycles. The number of rotatable bonds is 8. The van der Waals surface area contributed by atoms with E-state index in [1.165, 1.54) is 0 Å². The number of fused-ring (bicyclic) bond motifs is 4. The van der Waals surface area contributed by atoms with Crippen molar-refractivity contribution in [2.45, 2.75) is 0 Å². The molecule has 0 saturated carbocycles. The van der Waals surface area contributed by atoms with Gasteiger partial charge in [0.05, 0.1) is 18.6 Å². The first-order valence-electron chi connectivity index (χ1n) is 19.1. The fraction of sp³-hybridized carbons (Fsp3) is 0. The number of nitrogens with zero attached hydrogens (tertiary/aromatic N) is 7. The van der Waals surface area contributed by atoms with E-state index in [4.69, 9.17) is 9.72 Å². The quantitative estimate of drug-likeness (QED) is 0.142. The van der Waals surface area contributed by atoms with Gasteiger partial charge in [0, 0.05) is 0 Å². The van der Waals surface area contributed by atoms with Crippen LogP contribution in [0.2, 0.25) is 0 Å². The summed E-state index contributed by atoms with van der Waals surface area (Å²) in [6.07, 6.45) is 5.07. The summed E-state index contributed by atoms with van der Waals surface area (Å²) >= 11 is 2.46. The predicted molar refractivity (Wildman–Crippen MR) is 228 cm³/mol. The van der Waals surface area contributed by atoms with Gasteiger partial charge in [-0.25, -0.2) is 0 Å². The molecule has 0 spiro atoms. The Morgan fingerprint density at radius 2 is 1.12 bits per heavy atom. The Hall–Kier alpha value is -7.41. The summed E-state index contributed by atoms with van der Waals surface area (Å²) in [6, 6.07) is 65.8. The van der Waals surface area contributed by atoms with Crippen LogP contribution in [-0.4, -0.2) is 33.7 Å². The van der Waals surface area contributed by atoms with Gasteiger partial charge in [0.2, 0.25) is 0 Å². The number of pyridine rings is 1. The van der Waals surface area contributed by atoms with Crippen LogP contribution < -0.4 is 4.74 Å². The molecule has 7 aromatic carbocycles. The number of hydrogen-bond acceptors (Lipinski definition) is 4. The molecular formula is C50H31N7OPt-2. The van der Waals surface area contributed by atoms with E-state index in [-0.39, 0.29) is 0 Å². The summed E-state index contributed by atoms with van der Waals surface area (Å²) in [4.78, 5) is 6.38. The topological polar surface area (TPSA) is 67.6 Å². The molecule has 0 atom stereocenters. The average molecular weight is 941 g/mol. The zero-order chi connectivity index (χ0) is 39.3. The van der Waals surface area contributed by atoms with Crippen molar-refractivity contribution in [1.29, 1.82) is 0 Å². The Bertz CT molecular complexity index is 3310. The predicted octanol–water partition coefficient (Wildman–Crippen LogP) is 11.3. The monoisotopic (exact) mass is 940 g/mol. The second kappa shape index (κ2) is 14.5. The van der Waals surface area contributed by atoms with Crippen LogP contribution in [0.25, 0.3) is 78.0 Å². The zero-order valence-corrected chi connectivity index (χ0v) is 33.5. The van der Waals surface area contributed by atoms with E-state index in [9.17, 15) is 0 Å². The molecule has 11 aromatic rings. The van der Waals surface area contributed by atoms with Gasteiger partial charge in [-0.2, -0.15) is 15.0 Å². The number of hydrogen-bond donors (Lipinski definition) is 0. The molecule has 8 nitrogen and oxygen atoms in total. The third-order valence-corrected chi connectivity index (χ3v) is 11.5. The fourth-order valence-electron chi connectivity index (χ4n) is 7.93. The van der Waals surface area contributed by atoms with Crippen LogP contribution in [0.5, 0.6) is 11.5 Å². The van der Waals surface area contributed by atoms with Gasteiger partial charge >= 0.3 is 294 Å². The molecule has 4 heterocycles. The molecule has 0 N–H and O–H groups in total. The third-order valence-electron chi connectivity index (χ3n) is 10.5. The van der Waals surface area contributed by atoms with Gasteiger partial charge in [-0.1, -0.05) is 12.1 Å². The Kier molecular flexibility index (Phi) is 8.56. The molecule has 0 aliphatic heterocycles. The maximum atomic E-state index is 6.61. The molecule has 0 saturated heterocycles. The van der Waals surface area contributed by atoms with E-state index >= 15 is 0 Å². The molecule has 4 aromatic heterocycles. The summed E-state index contributed by atoms with van der Waals surface area (Å²) in [5, 5.41) is 10.7. The number of para-hydroxylation sites is 4. The van der Waals surface area contributed by atoms with Crippen LogP contribution in [0.3, 0.4) is 0 Å². The van der Waals surface area contributed by atoms with Crippen molar-refractivity contribution in [3.63, 3.8) is 0 Å². The van der Waals surface area contributed by atoms with Gasteiger partial charge in [0.25, 0.3) is 0 Å². The second-order valence-electron chi connectivity index (χ2n) is 14.0. The molecule has 11 rings (SSSR count). The van der Waals surface area contributed by atoms with Crippen molar-refractivity contribution in [2.75, 3.05) is 0 Å². The Balaban J connectivity index is 1.03. The second-order valence-corrected chi connectivity index (χ2v) is 15.0. The molecule has 0 amide bonds. The van der Waals surface area contributed by atoms with Crippen LogP contribution in [0.1, 0.15) is 0 Å². The van der Waals surface area contributed by atoms with Crippen LogP contribution in [0.15, 0.2) is 188 Å². The molecule has 0 aliphatic rings. The van der Waals surface area contributed by atoms with Gasteiger partial charge in [-0.3, -0.25) is 0 Å². The fourth-order valence-corrected chi connectivity index (χ4v) is 9.01. The van der Waals surface area contributed by atoms with E-state index in [1.807, 2.05) is 36.4 Å². The minimum absolute atomic E-state index is 0.568. The standard InChI is InChI=1S/C50H31N7O.Pt/c1-3-13-35(14-4-1)41-20-12-21-42(36-15-5-2-6-16-36)50(41)55-34-54(46-23-9-10-24-47(46)55)37-17-11-18-39(31-37)58-40-26-27-44-43-19-7-8-22-45(43)56(48(44)32-40)49-28-25-38(33-51-49)57-52-29-30-53-57;/h1-30,33H;/q-2;. The van der Waals surface area contributed by atoms with E-state index in [0.717, 1.165) is 81.8 Å². The Morgan fingerprint density at radius 1 is 0.492 bits per heavy atom. The summed E-state index contributed by atoms with van der Waals surface area (Å²) < 4.78 is 14.3. The number of aromatic nitrogens is 7. The van der Waals surface area contributed by atoms with Crippen molar-refractivity contribution in [2.24, 2.45) is 0 Å². The van der Waals surface area contributed by atoms with Crippen LogP contribution in [-0.2, 0) is 19.4 Å². The molecule has 59 heavy (non-hydrogen) atoms. The van der Waals surface area contributed by atoms with Crippen LogP contribution in [0.4, 0.5) is 0 Å². The van der Waals surface area contributed by atoms with Crippen molar-refractivity contribution in [1.82, 2.24) is 33.7 Å². The normalized spacial score (nSPS) is 11.5. The van der Waals surface area contributed by atoms with E-state index in [0.29, 0.717) is 11.5 Å². The Labute approximate surface area is 349 Å². The molecule has 0 unspecified atom stereocenters. The zero-order valence-electron chi connectivity index (χ0n) is 31.3. The molecule has 0 fully saturated rings. The first-order valence-corrected chi connectivity index (χ1v) is 20.2. The number of imidazole rings is 1. The number of ether oxygens (including phenoxy) is 1. The van der Waals surface area contributed by atoms with Gasteiger partial charge in [0.15, 0.2) is 0 Å². The van der Waals surface area contributed by atoms with Gasteiger partial charge in [0.1, 0.15) is 5.69 Å². The molecule has 0 bridgehead atoms. The Morgan fingerprint density at radius 3 is 1.81 bits per heavy atom. The molecule has 9 heteroatoms. The van der Waals surface area contributed by atoms with Gasteiger partial charge in [-0.15, -0.1) is 0 Å². The number of benzene rings is 7. The molecule has 284 valence electrons. The van der Waals surface area contributed by atoms with Crippen LogP contribution in [0, 0.1) is 15.9 Å². The first-order chi connectivity index (χ1) is 29.2.